The number of pyridine rings is 1. The third-order valence-electron chi connectivity index (χ3n) is 3.95. The summed E-state index contributed by atoms with van der Waals surface area (Å²) in [5, 5.41) is 34.0. The van der Waals surface area contributed by atoms with Gasteiger partial charge in [0.1, 0.15) is 40.8 Å². The number of nitrogens with zero attached hydrogens (tertiary/aromatic N) is 4. The lowest BCUT2D eigenvalue weighted by atomic mass is 9.94. The quantitative estimate of drug-likeness (QED) is 0.378. The van der Waals surface area contributed by atoms with Crippen molar-refractivity contribution in [3.63, 3.8) is 0 Å². The molecule has 0 amide bonds. The Morgan fingerprint density at radius 2 is 2.07 bits per heavy atom. The lowest BCUT2D eigenvalue weighted by molar-refractivity contribution is 0.406. The van der Waals surface area contributed by atoms with E-state index in [0.29, 0.717) is 11.3 Å². The summed E-state index contributed by atoms with van der Waals surface area (Å²) in [6, 6.07) is 3.81. The standard InChI is InChI=1S/C16H13ClN8O2/c1-27-6-2-8(17)10(9(26)3-6)13-11-12(20)7(4-18)14(21)24-15(11)25-16(23-13)22-5-19/h2-3,13,26H,1H3,(H6,20,21,22,23,24,25). The first-order valence-electron chi connectivity index (χ1n) is 7.46. The van der Waals surface area contributed by atoms with Crippen LogP contribution in [0.15, 0.2) is 17.1 Å². The highest BCUT2D eigenvalue weighted by atomic mass is 35.5. The number of nitrogen functional groups attached to an aromatic ring is 2. The summed E-state index contributed by atoms with van der Waals surface area (Å²) in [6.45, 7) is 0. The number of nitrogens with one attached hydrogen (secondary N) is 2. The topological polar surface area (TPSA) is 178 Å². The zero-order chi connectivity index (χ0) is 19.7. The molecule has 1 atom stereocenters. The lowest BCUT2D eigenvalue weighted by Gasteiger charge is -2.27. The van der Waals surface area contributed by atoms with Gasteiger partial charge in [-0.3, -0.25) is 5.32 Å². The Morgan fingerprint density at radius 3 is 2.67 bits per heavy atom. The number of anilines is 3. The van der Waals surface area contributed by atoms with Crippen LogP contribution in [0.1, 0.15) is 22.7 Å². The van der Waals surface area contributed by atoms with Crippen LogP contribution in [-0.4, -0.2) is 23.2 Å². The van der Waals surface area contributed by atoms with Gasteiger partial charge in [0.25, 0.3) is 0 Å². The van der Waals surface area contributed by atoms with Crippen molar-refractivity contribution in [3.05, 3.63) is 33.8 Å². The zero-order valence-corrected chi connectivity index (χ0v) is 14.7. The molecule has 0 saturated carbocycles. The number of aliphatic imine (C=N–C) groups is 1. The average Bonchev–Trinajstić information content (AvgIpc) is 2.61. The molecule has 10 nitrogen and oxygen atoms in total. The number of guanidine groups is 1. The van der Waals surface area contributed by atoms with E-state index < -0.39 is 6.04 Å². The Morgan fingerprint density at radius 1 is 1.33 bits per heavy atom. The van der Waals surface area contributed by atoms with Crippen LogP contribution < -0.4 is 26.8 Å². The number of nitrogens with two attached hydrogens (primary N) is 2. The number of hydrogen-bond acceptors (Lipinski definition) is 10. The minimum atomic E-state index is -0.948. The van der Waals surface area contributed by atoms with E-state index in [4.69, 9.17) is 33.1 Å². The summed E-state index contributed by atoms with van der Waals surface area (Å²) >= 11 is 6.33. The number of benzene rings is 1. The van der Waals surface area contributed by atoms with Crippen LogP contribution >= 0.6 is 11.6 Å². The number of methoxy groups -OCH3 is 1. The number of aromatic nitrogens is 1. The number of phenolic OH excluding ortho intramolecular Hbond substituents is 1. The van der Waals surface area contributed by atoms with E-state index in [9.17, 15) is 10.4 Å². The number of halogens is 1. The van der Waals surface area contributed by atoms with Crippen molar-refractivity contribution in [2.45, 2.75) is 6.04 Å². The Bertz CT molecular complexity index is 1030. The second kappa shape index (κ2) is 6.78. The minimum Gasteiger partial charge on any atom is -0.507 e. The van der Waals surface area contributed by atoms with E-state index in [2.05, 4.69) is 20.6 Å². The Labute approximate surface area is 158 Å². The van der Waals surface area contributed by atoms with Crippen LogP contribution in [0, 0.1) is 22.8 Å². The largest absolute Gasteiger partial charge is 0.507 e. The van der Waals surface area contributed by atoms with Crippen LogP contribution in [0.4, 0.5) is 17.3 Å². The van der Waals surface area contributed by atoms with Crippen LogP contribution in [0.25, 0.3) is 0 Å². The fraction of sp³-hybridized carbons (Fsp3) is 0.125. The molecular weight excluding hydrogens is 372 g/mol. The fourth-order valence-electron chi connectivity index (χ4n) is 2.76. The first-order chi connectivity index (χ1) is 12.9. The summed E-state index contributed by atoms with van der Waals surface area (Å²) in [6.07, 6.45) is 1.74. The first-order valence-corrected chi connectivity index (χ1v) is 7.84. The van der Waals surface area contributed by atoms with Crippen molar-refractivity contribution in [2.24, 2.45) is 4.99 Å². The van der Waals surface area contributed by atoms with E-state index in [-0.39, 0.29) is 45.2 Å². The van der Waals surface area contributed by atoms with Gasteiger partial charge in [0.15, 0.2) is 6.19 Å². The summed E-state index contributed by atoms with van der Waals surface area (Å²) in [4.78, 5) is 8.47. The molecule has 0 bridgehead atoms. The molecule has 3 rings (SSSR count). The average molecular weight is 385 g/mol. The fourth-order valence-corrected chi connectivity index (χ4v) is 3.07. The van der Waals surface area contributed by atoms with Crippen molar-refractivity contribution >= 4 is 34.9 Å². The van der Waals surface area contributed by atoms with Gasteiger partial charge in [-0.1, -0.05) is 11.6 Å². The number of aromatic hydroxyl groups is 1. The molecule has 27 heavy (non-hydrogen) atoms. The molecular formula is C16H13ClN8O2. The number of phenols is 1. The van der Waals surface area contributed by atoms with Gasteiger partial charge < -0.3 is 26.6 Å². The maximum Gasteiger partial charge on any atom is 0.211 e. The van der Waals surface area contributed by atoms with Gasteiger partial charge in [-0.05, 0) is 6.07 Å². The van der Waals surface area contributed by atoms with Gasteiger partial charge in [-0.25, -0.2) is 9.98 Å². The SMILES string of the molecule is COc1cc(O)c(C2N=C(NC#N)Nc3nc(N)c(C#N)c(N)c32)c(Cl)c1. The van der Waals surface area contributed by atoms with Gasteiger partial charge in [0.2, 0.25) is 5.96 Å². The molecule has 0 fully saturated rings. The van der Waals surface area contributed by atoms with Crippen molar-refractivity contribution in [3.8, 4) is 23.8 Å². The monoisotopic (exact) mass is 384 g/mol. The summed E-state index contributed by atoms with van der Waals surface area (Å²) in [5.74, 6) is 0.302. The molecule has 0 spiro atoms. The van der Waals surface area contributed by atoms with Crippen LogP contribution in [-0.2, 0) is 0 Å². The molecule has 1 aliphatic heterocycles. The predicted octanol–water partition coefficient (Wildman–Crippen LogP) is 1.43. The van der Waals surface area contributed by atoms with Gasteiger partial charge in [0.05, 0.1) is 17.8 Å². The second-order valence-corrected chi connectivity index (χ2v) is 5.85. The van der Waals surface area contributed by atoms with Gasteiger partial charge >= 0.3 is 0 Å². The van der Waals surface area contributed by atoms with Crippen LogP contribution in [0.3, 0.4) is 0 Å². The number of hydrogen-bond donors (Lipinski definition) is 5. The molecule has 1 aromatic carbocycles. The van der Waals surface area contributed by atoms with E-state index in [1.165, 1.54) is 19.2 Å². The second-order valence-electron chi connectivity index (χ2n) is 5.44. The first kappa shape index (κ1) is 17.9. The molecule has 0 radical (unpaired) electrons. The van der Waals surface area contributed by atoms with Gasteiger partial charge in [-0.2, -0.15) is 10.5 Å². The number of nitriles is 2. The Hall–Kier alpha value is -3.89. The number of ether oxygens (including phenoxy) is 1. The molecule has 1 aliphatic rings. The van der Waals surface area contributed by atoms with E-state index >= 15 is 0 Å². The van der Waals surface area contributed by atoms with E-state index in [0.717, 1.165) is 0 Å². The Kier molecular flexibility index (Phi) is 4.50. The summed E-state index contributed by atoms with van der Waals surface area (Å²) < 4.78 is 5.08. The van der Waals surface area contributed by atoms with Gasteiger partial charge in [0, 0.05) is 17.2 Å². The van der Waals surface area contributed by atoms with Crippen molar-refractivity contribution in [2.75, 3.05) is 23.9 Å². The summed E-state index contributed by atoms with van der Waals surface area (Å²) in [5.41, 5.74) is 12.5. The minimum absolute atomic E-state index is 0.0171. The zero-order valence-electron chi connectivity index (χ0n) is 13.9. The lowest BCUT2D eigenvalue weighted by Crippen LogP contribution is -2.32. The molecule has 1 unspecified atom stereocenters. The normalized spacial score (nSPS) is 14.8. The molecule has 2 heterocycles. The third kappa shape index (κ3) is 2.94. The maximum absolute atomic E-state index is 10.5. The predicted molar refractivity (Wildman–Crippen MR) is 99.1 cm³/mol. The van der Waals surface area contributed by atoms with Crippen molar-refractivity contribution in [1.82, 2.24) is 10.3 Å². The highest BCUT2D eigenvalue weighted by Gasteiger charge is 2.32. The highest BCUT2D eigenvalue weighted by molar-refractivity contribution is 6.32. The Balaban J connectivity index is 2.31. The smallest absolute Gasteiger partial charge is 0.211 e. The molecule has 1 aromatic heterocycles. The molecule has 7 N–H and O–H groups in total. The maximum atomic E-state index is 10.5. The molecule has 0 saturated heterocycles. The van der Waals surface area contributed by atoms with Crippen molar-refractivity contribution < 1.29 is 9.84 Å². The third-order valence-corrected chi connectivity index (χ3v) is 4.26. The van der Waals surface area contributed by atoms with E-state index in [1.807, 2.05) is 6.07 Å². The van der Waals surface area contributed by atoms with E-state index in [1.54, 1.807) is 6.19 Å². The molecule has 11 heteroatoms. The van der Waals surface area contributed by atoms with Crippen molar-refractivity contribution in [1.29, 1.82) is 10.5 Å². The van der Waals surface area contributed by atoms with Crippen LogP contribution in [0.5, 0.6) is 11.5 Å². The molecule has 2 aromatic rings. The van der Waals surface area contributed by atoms with Gasteiger partial charge in [-0.15, -0.1) is 0 Å². The van der Waals surface area contributed by atoms with Crippen LogP contribution in [0.2, 0.25) is 5.02 Å². The summed E-state index contributed by atoms with van der Waals surface area (Å²) in [7, 11) is 1.43. The molecule has 0 aliphatic carbocycles. The number of rotatable bonds is 2. The number of fused-ring (bicyclic) bond motifs is 1. The molecule has 136 valence electrons. The highest BCUT2D eigenvalue weighted by Crippen LogP contribution is 2.46.